The normalized spacial score (nSPS) is 10.6. The summed E-state index contributed by atoms with van der Waals surface area (Å²) in [7, 11) is 0. The van der Waals surface area contributed by atoms with Gasteiger partial charge in [-0.25, -0.2) is 0 Å². The van der Waals surface area contributed by atoms with Crippen molar-refractivity contribution in [2.75, 3.05) is 0 Å². The summed E-state index contributed by atoms with van der Waals surface area (Å²) in [6.45, 7) is 0. The van der Waals surface area contributed by atoms with E-state index in [0.717, 1.165) is 12.1 Å². The first-order valence-corrected chi connectivity index (χ1v) is 5.74. The van der Waals surface area contributed by atoms with Crippen molar-refractivity contribution in [1.29, 1.82) is 0 Å². The van der Waals surface area contributed by atoms with Gasteiger partial charge in [0, 0.05) is 16.7 Å². The third-order valence-electron chi connectivity index (χ3n) is 2.61. The molecule has 0 spiro atoms. The topological polar surface area (TPSA) is 17.1 Å². The highest BCUT2D eigenvalue weighted by molar-refractivity contribution is 5.78. The number of carbonyl (C=O) groups is 1. The van der Waals surface area contributed by atoms with E-state index in [9.17, 15) is 18.0 Å². The Bertz CT molecular complexity index is 676. The van der Waals surface area contributed by atoms with E-state index >= 15 is 0 Å². The van der Waals surface area contributed by atoms with E-state index in [4.69, 9.17) is 0 Å². The fourth-order valence-electron chi connectivity index (χ4n) is 1.65. The van der Waals surface area contributed by atoms with Crippen LogP contribution in [0.3, 0.4) is 0 Å². The van der Waals surface area contributed by atoms with Gasteiger partial charge in [-0.15, -0.1) is 0 Å². The number of rotatable bonds is 1. The Morgan fingerprint density at radius 2 is 1.55 bits per heavy atom. The van der Waals surface area contributed by atoms with Crippen molar-refractivity contribution in [1.82, 2.24) is 0 Å². The second-order valence-corrected chi connectivity index (χ2v) is 4.03. The second-order valence-electron chi connectivity index (χ2n) is 4.03. The minimum Gasteiger partial charge on any atom is -0.298 e. The number of benzene rings is 2. The molecule has 0 saturated carbocycles. The maximum absolute atomic E-state index is 12.8. The van der Waals surface area contributed by atoms with E-state index in [2.05, 4.69) is 11.8 Å². The van der Waals surface area contributed by atoms with Crippen molar-refractivity contribution in [3.8, 4) is 11.8 Å². The summed E-state index contributed by atoms with van der Waals surface area (Å²) < 4.78 is 38.3. The van der Waals surface area contributed by atoms with Crippen LogP contribution in [0.5, 0.6) is 0 Å². The SMILES string of the molecule is O=Cc1ccc(C#Cc2ccccc2)cc1C(F)(F)F. The molecule has 1 nitrogen and oxygen atoms in total. The quantitative estimate of drug-likeness (QED) is 0.569. The standard InChI is InChI=1S/C16H9F3O/c17-16(18,19)15-10-13(8-9-14(15)11-20)7-6-12-4-2-1-3-5-12/h1-5,8-11H. The summed E-state index contributed by atoms with van der Waals surface area (Å²) in [5, 5.41) is 0. The molecule has 2 aromatic carbocycles. The van der Waals surface area contributed by atoms with Crippen molar-refractivity contribution >= 4 is 6.29 Å². The number of aldehydes is 1. The zero-order valence-corrected chi connectivity index (χ0v) is 10.2. The van der Waals surface area contributed by atoms with E-state index in [1.807, 2.05) is 6.07 Å². The van der Waals surface area contributed by atoms with Gasteiger partial charge in [0.2, 0.25) is 0 Å². The molecule has 20 heavy (non-hydrogen) atoms. The van der Waals surface area contributed by atoms with Gasteiger partial charge in [0.15, 0.2) is 6.29 Å². The van der Waals surface area contributed by atoms with Gasteiger partial charge in [0.25, 0.3) is 0 Å². The van der Waals surface area contributed by atoms with E-state index < -0.39 is 11.7 Å². The van der Waals surface area contributed by atoms with Crippen LogP contribution in [-0.2, 0) is 6.18 Å². The van der Waals surface area contributed by atoms with Crippen molar-refractivity contribution in [2.45, 2.75) is 6.18 Å². The highest BCUT2D eigenvalue weighted by Crippen LogP contribution is 2.31. The Labute approximate surface area is 114 Å². The lowest BCUT2D eigenvalue weighted by Gasteiger charge is -2.09. The molecule has 0 saturated heterocycles. The molecule has 0 atom stereocenters. The molecule has 0 heterocycles. The van der Waals surface area contributed by atoms with Gasteiger partial charge >= 0.3 is 6.18 Å². The monoisotopic (exact) mass is 274 g/mol. The molecule has 0 aromatic heterocycles. The molecule has 0 N–H and O–H groups in total. The maximum Gasteiger partial charge on any atom is 0.417 e. The van der Waals surface area contributed by atoms with Gasteiger partial charge in [0.1, 0.15) is 0 Å². The fraction of sp³-hybridized carbons (Fsp3) is 0.0625. The summed E-state index contributed by atoms with van der Waals surface area (Å²) in [5.74, 6) is 5.43. The predicted molar refractivity (Wildman–Crippen MR) is 69.3 cm³/mol. The van der Waals surface area contributed by atoms with Gasteiger partial charge in [-0.2, -0.15) is 13.2 Å². The zero-order valence-electron chi connectivity index (χ0n) is 10.2. The minimum absolute atomic E-state index is 0.192. The molecule has 0 unspecified atom stereocenters. The molecule has 0 aliphatic carbocycles. The van der Waals surface area contributed by atoms with Crippen LogP contribution < -0.4 is 0 Å². The van der Waals surface area contributed by atoms with Gasteiger partial charge in [0.05, 0.1) is 5.56 Å². The van der Waals surface area contributed by atoms with Crippen LogP contribution in [0.4, 0.5) is 13.2 Å². The van der Waals surface area contributed by atoms with Gasteiger partial charge in [-0.1, -0.05) is 30.0 Å². The molecule has 4 heteroatoms. The predicted octanol–water partition coefficient (Wildman–Crippen LogP) is 3.92. The van der Waals surface area contributed by atoms with Crippen LogP contribution in [0.1, 0.15) is 27.0 Å². The number of alkyl halides is 3. The van der Waals surface area contributed by atoms with Gasteiger partial charge < -0.3 is 0 Å². The van der Waals surface area contributed by atoms with Crippen LogP contribution in [0.15, 0.2) is 48.5 Å². The minimum atomic E-state index is -4.57. The first kappa shape index (κ1) is 13.9. The molecule has 0 aliphatic rings. The summed E-state index contributed by atoms with van der Waals surface area (Å²) in [6.07, 6.45) is -4.38. The van der Waals surface area contributed by atoms with Crippen LogP contribution in [0.2, 0.25) is 0 Å². The Hall–Kier alpha value is -2.54. The number of hydrogen-bond donors (Lipinski definition) is 0. The lowest BCUT2D eigenvalue weighted by Crippen LogP contribution is -2.09. The van der Waals surface area contributed by atoms with Crippen LogP contribution in [-0.4, -0.2) is 6.29 Å². The summed E-state index contributed by atoms with van der Waals surface area (Å²) in [5.41, 5.74) is -0.428. The molecule has 0 aliphatic heterocycles. The summed E-state index contributed by atoms with van der Waals surface area (Å²) >= 11 is 0. The molecule has 2 aromatic rings. The largest absolute Gasteiger partial charge is 0.417 e. The first-order chi connectivity index (χ1) is 9.50. The van der Waals surface area contributed by atoms with Crippen molar-refractivity contribution in [3.05, 3.63) is 70.8 Å². The lowest BCUT2D eigenvalue weighted by molar-refractivity contribution is -0.137. The molecule has 0 bridgehead atoms. The number of carbonyl (C=O) groups excluding carboxylic acids is 1. The summed E-state index contributed by atoms with van der Waals surface area (Å²) in [6, 6.07) is 12.3. The van der Waals surface area contributed by atoms with Gasteiger partial charge in [-0.3, -0.25) is 4.79 Å². The Morgan fingerprint density at radius 3 is 2.15 bits per heavy atom. The zero-order chi connectivity index (χ0) is 14.6. The molecule has 0 fully saturated rings. The van der Waals surface area contributed by atoms with Crippen molar-refractivity contribution in [3.63, 3.8) is 0 Å². The average Bonchev–Trinajstić information content (AvgIpc) is 2.45. The van der Waals surface area contributed by atoms with E-state index in [1.165, 1.54) is 6.07 Å². The number of hydrogen-bond acceptors (Lipinski definition) is 1. The Balaban J connectivity index is 2.40. The van der Waals surface area contributed by atoms with Crippen molar-refractivity contribution in [2.24, 2.45) is 0 Å². The smallest absolute Gasteiger partial charge is 0.298 e. The second kappa shape index (κ2) is 5.62. The Morgan fingerprint density at radius 1 is 0.900 bits per heavy atom. The molecular formula is C16H9F3O. The van der Waals surface area contributed by atoms with Gasteiger partial charge in [-0.05, 0) is 30.3 Å². The lowest BCUT2D eigenvalue weighted by atomic mass is 10.0. The van der Waals surface area contributed by atoms with Crippen molar-refractivity contribution < 1.29 is 18.0 Å². The Kier molecular flexibility index (Phi) is 3.90. The van der Waals surface area contributed by atoms with E-state index in [0.29, 0.717) is 5.56 Å². The van der Waals surface area contributed by atoms with Crippen LogP contribution >= 0.6 is 0 Å². The van der Waals surface area contributed by atoms with Crippen LogP contribution in [0, 0.1) is 11.8 Å². The molecule has 100 valence electrons. The molecular weight excluding hydrogens is 265 g/mol. The van der Waals surface area contributed by atoms with Crippen LogP contribution in [0.25, 0.3) is 0 Å². The first-order valence-electron chi connectivity index (χ1n) is 5.74. The highest BCUT2D eigenvalue weighted by atomic mass is 19.4. The number of halogens is 3. The highest BCUT2D eigenvalue weighted by Gasteiger charge is 2.33. The van der Waals surface area contributed by atoms with E-state index in [1.54, 1.807) is 24.3 Å². The third kappa shape index (κ3) is 3.27. The molecule has 0 radical (unpaired) electrons. The fourth-order valence-corrected chi connectivity index (χ4v) is 1.65. The average molecular weight is 274 g/mol. The molecule has 2 rings (SSSR count). The summed E-state index contributed by atoms with van der Waals surface area (Å²) in [4.78, 5) is 10.6. The molecule has 0 amide bonds. The van der Waals surface area contributed by atoms with E-state index in [-0.39, 0.29) is 17.4 Å². The maximum atomic E-state index is 12.8. The third-order valence-corrected chi connectivity index (χ3v) is 2.61.